The van der Waals surface area contributed by atoms with Crippen molar-refractivity contribution in [2.75, 3.05) is 6.54 Å². The molecule has 1 amide bonds. The molecule has 2 unspecified atom stereocenters. The molecule has 0 aromatic heterocycles. The van der Waals surface area contributed by atoms with Crippen molar-refractivity contribution in [1.29, 1.82) is 0 Å². The number of hydrogen-bond donors (Lipinski definition) is 4. The average molecular weight is 377 g/mol. The minimum absolute atomic E-state index is 0.0529. The van der Waals surface area contributed by atoms with Crippen LogP contribution in [0.5, 0.6) is 0 Å². The largest absolute Gasteiger partial charge is 0.478 e. The van der Waals surface area contributed by atoms with Gasteiger partial charge in [-0.25, -0.2) is 14.0 Å². The molecule has 2 aromatic carbocycles. The van der Waals surface area contributed by atoms with Gasteiger partial charge in [-0.2, -0.15) is 0 Å². The third kappa shape index (κ3) is 5.77. The summed E-state index contributed by atoms with van der Waals surface area (Å²) in [6.07, 6.45) is -4.07. The van der Waals surface area contributed by atoms with Gasteiger partial charge in [-0.05, 0) is 24.1 Å². The van der Waals surface area contributed by atoms with Gasteiger partial charge in [0.15, 0.2) is 0 Å². The van der Waals surface area contributed by atoms with E-state index in [1.54, 1.807) is 12.1 Å². The quantitative estimate of drug-likeness (QED) is 0.561. The molecule has 0 saturated heterocycles. The molecule has 0 aliphatic rings. The van der Waals surface area contributed by atoms with E-state index < -0.39 is 41.2 Å². The number of carbonyl (C=O) groups excluding carboxylic acids is 1. The van der Waals surface area contributed by atoms with Crippen LogP contribution in [0.4, 0.5) is 9.18 Å². The maximum atomic E-state index is 13.9. The van der Waals surface area contributed by atoms with Crippen molar-refractivity contribution in [3.05, 3.63) is 71.0 Å². The van der Waals surface area contributed by atoms with Gasteiger partial charge in [0.25, 0.3) is 0 Å². The molecule has 0 bridgehead atoms. The average Bonchev–Trinajstić information content (AvgIpc) is 2.66. The molecule has 4 N–H and O–H groups in total. The summed E-state index contributed by atoms with van der Waals surface area (Å²) < 4.78 is 18.9. The van der Waals surface area contributed by atoms with Crippen LogP contribution in [0.15, 0.2) is 48.5 Å². The van der Waals surface area contributed by atoms with Crippen molar-refractivity contribution in [3.63, 3.8) is 0 Å². The van der Waals surface area contributed by atoms with Crippen LogP contribution < -0.4 is 5.32 Å². The van der Waals surface area contributed by atoms with E-state index in [0.717, 1.165) is 17.7 Å². The Morgan fingerprint density at radius 1 is 1.07 bits per heavy atom. The Morgan fingerprint density at radius 2 is 1.78 bits per heavy atom. The molecule has 0 aliphatic carbocycles. The predicted molar refractivity (Wildman–Crippen MR) is 93.6 cm³/mol. The number of nitrogens with one attached hydrogen (secondary N) is 1. The SMILES string of the molecule is O=C(NCCC(O)C(O)c1c(F)cccc1C(=O)O)OCc1ccccc1. The summed E-state index contributed by atoms with van der Waals surface area (Å²) in [4.78, 5) is 22.8. The summed E-state index contributed by atoms with van der Waals surface area (Å²) in [6, 6.07) is 12.4. The molecule has 0 aliphatic heterocycles. The highest BCUT2D eigenvalue weighted by molar-refractivity contribution is 5.89. The van der Waals surface area contributed by atoms with Crippen LogP contribution in [0.3, 0.4) is 0 Å². The van der Waals surface area contributed by atoms with Crippen LogP contribution in [0.1, 0.15) is 34.0 Å². The number of alkyl carbamates (subject to hydrolysis) is 1. The van der Waals surface area contributed by atoms with Gasteiger partial charge in [0.2, 0.25) is 0 Å². The van der Waals surface area contributed by atoms with Crippen LogP contribution >= 0.6 is 0 Å². The summed E-state index contributed by atoms with van der Waals surface area (Å²) in [7, 11) is 0. The molecule has 0 saturated carbocycles. The fourth-order valence-corrected chi connectivity index (χ4v) is 2.47. The molecular formula is C19H20FNO6. The smallest absolute Gasteiger partial charge is 0.407 e. The molecule has 7 nitrogen and oxygen atoms in total. The van der Waals surface area contributed by atoms with Gasteiger partial charge in [-0.1, -0.05) is 36.4 Å². The molecule has 0 radical (unpaired) electrons. The van der Waals surface area contributed by atoms with Gasteiger partial charge >= 0.3 is 12.1 Å². The summed E-state index contributed by atoms with van der Waals surface area (Å²) in [6.45, 7) is 0.0256. The maximum absolute atomic E-state index is 13.9. The highest BCUT2D eigenvalue weighted by Gasteiger charge is 2.26. The molecule has 0 fully saturated rings. The second kappa shape index (κ2) is 9.65. The lowest BCUT2D eigenvalue weighted by atomic mass is 9.96. The number of aliphatic hydroxyl groups excluding tert-OH is 2. The normalized spacial score (nSPS) is 12.9. The van der Waals surface area contributed by atoms with Crippen molar-refractivity contribution < 1.29 is 34.0 Å². The maximum Gasteiger partial charge on any atom is 0.407 e. The standard InChI is InChI=1S/C19H20FNO6/c20-14-8-4-7-13(18(24)25)16(14)17(23)15(22)9-10-21-19(26)27-11-12-5-2-1-3-6-12/h1-8,15,17,22-23H,9-11H2,(H,21,26)(H,24,25). The lowest BCUT2D eigenvalue weighted by Gasteiger charge is -2.20. The minimum Gasteiger partial charge on any atom is -0.478 e. The lowest BCUT2D eigenvalue weighted by molar-refractivity contribution is 0.0107. The number of aromatic carboxylic acids is 1. The number of ether oxygens (including phenoxy) is 1. The lowest BCUT2D eigenvalue weighted by Crippen LogP contribution is -2.30. The van der Waals surface area contributed by atoms with Gasteiger partial charge in [-0.3, -0.25) is 0 Å². The Hall–Kier alpha value is -2.97. The number of aliphatic hydroxyl groups is 2. The zero-order valence-electron chi connectivity index (χ0n) is 14.3. The van der Waals surface area contributed by atoms with Crippen LogP contribution in [-0.2, 0) is 11.3 Å². The van der Waals surface area contributed by atoms with E-state index in [4.69, 9.17) is 9.84 Å². The van der Waals surface area contributed by atoms with Gasteiger partial charge in [0.05, 0.1) is 11.7 Å². The van der Waals surface area contributed by atoms with E-state index >= 15 is 0 Å². The third-order valence-corrected chi connectivity index (χ3v) is 3.87. The highest BCUT2D eigenvalue weighted by atomic mass is 19.1. The van der Waals surface area contributed by atoms with Gasteiger partial charge in [0.1, 0.15) is 18.5 Å². The molecule has 27 heavy (non-hydrogen) atoms. The second-order valence-electron chi connectivity index (χ2n) is 5.80. The Labute approximate surface area is 155 Å². The van der Waals surface area contributed by atoms with Crippen molar-refractivity contribution in [3.8, 4) is 0 Å². The topological polar surface area (TPSA) is 116 Å². The molecule has 2 atom stereocenters. The van der Waals surface area contributed by atoms with Crippen molar-refractivity contribution in [2.45, 2.75) is 25.2 Å². The predicted octanol–water partition coefficient (Wildman–Crippen LogP) is 2.23. The third-order valence-electron chi connectivity index (χ3n) is 3.87. The summed E-state index contributed by atoms with van der Waals surface area (Å²) >= 11 is 0. The van der Waals surface area contributed by atoms with Crippen LogP contribution in [0.2, 0.25) is 0 Å². The highest BCUT2D eigenvalue weighted by Crippen LogP contribution is 2.25. The van der Waals surface area contributed by atoms with Gasteiger partial charge < -0.3 is 25.4 Å². The Balaban J connectivity index is 1.84. The first-order chi connectivity index (χ1) is 12.9. The number of hydrogen-bond acceptors (Lipinski definition) is 5. The van der Waals surface area contributed by atoms with E-state index in [1.165, 1.54) is 6.07 Å². The Bertz CT molecular complexity index is 783. The number of carboxylic acid groups (broad SMARTS) is 1. The zero-order valence-corrected chi connectivity index (χ0v) is 14.3. The molecule has 2 aromatic rings. The number of benzene rings is 2. The number of carboxylic acids is 1. The second-order valence-corrected chi connectivity index (χ2v) is 5.80. The van der Waals surface area contributed by atoms with E-state index in [2.05, 4.69) is 5.32 Å². The molecular weight excluding hydrogens is 357 g/mol. The van der Waals surface area contributed by atoms with E-state index in [0.29, 0.717) is 0 Å². The minimum atomic E-state index is -1.75. The summed E-state index contributed by atoms with van der Waals surface area (Å²) in [5, 5.41) is 31.6. The van der Waals surface area contributed by atoms with Crippen LogP contribution in [0, 0.1) is 5.82 Å². The number of rotatable bonds is 8. The summed E-state index contributed by atoms with van der Waals surface area (Å²) in [5.41, 5.74) is -0.121. The number of amides is 1. The van der Waals surface area contributed by atoms with Crippen molar-refractivity contribution in [2.24, 2.45) is 0 Å². The first-order valence-electron chi connectivity index (χ1n) is 8.22. The molecule has 144 valence electrons. The molecule has 2 rings (SSSR count). The zero-order chi connectivity index (χ0) is 19.8. The molecule has 0 heterocycles. The Morgan fingerprint density at radius 3 is 2.44 bits per heavy atom. The van der Waals surface area contributed by atoms with Crippen molar-refractivity contribution in [1.82, 2.24) is 5.32 Å². The fourth-order valence-electron chi connectivity index (χ4n) is 2.47. The molecule has 0 spiro atoms. The van der Waals surface area contributed by atoms with Gasteiger partial charge in [-0.15, -0.1) is 0 Å². The van der Waals surface area contributed by atoms with Crippen LogP contribution in [0.25, 0.3) is 0 Å². The van der Waals surface area contributed by atoms with Crippen molar-refractivity contribution >= 4 is 12.1 Å². The van der Waals surface area contributed by atoms with Crippen LogP contribution in [-0.4, -0.2) is 40.0 Å². The Kier molecular flexibility index (Phi) is 7.27. The van der Waals surface area contributed by atoms with E-state index in [-0.39, 0.29) is 19.6 Å². The summed E-state index contributed by atoms with van der Waals surface area (Å²) in [5.74, 6) is -2.35. The fraction of sp³-hybridized carbons (Fsp3) is 0.263. The number of carbonyl (C=O) groups is 2. The van der Waals surface area contributed by atoms with E-state index in [9.17, 15) is 24.2 Å². The molecule has 8 heteroatoms. The first-order valence-corrected chi connectivity index (χ1v) is 8.22. The van der Waals surface area contributed by atoms with E-state index in [1.807, 2.05) is 18.2 Å². The van der Waals surface area contributed by atoms with Gasteiger partial charge in [0, 0.05) is 12.1 Å². The number of halogens is 1. The first kappa shape index (κ1) is 20.3. The monoisotopic (exact) mass is 377 g/mol.